The van der Waals surface area contributed by atoms with Crippen molar-refractivity contribution in [2.75, 3.05) is 46.7 Å². The molecule has 0 saturated carbocycles. The number of likely N-dealkylation sites (N-methyl/N-ethyl adjacent to an activating group) is 2. The van der Waals surface area contributed by atoms with Gasteiger partial charge in [-0.3, -0.25) is 14.5 Å². The third-order valence-corrected chi connectivity index (χ3v) is 4.15. The summed E-state index contributed by atoms with van der Waals surface area (Å²) in [6.45, 7) is 0.788. The van der Waals surface area contributed by atoms with Crippen LogP contribution in [0.15, 0.2) is 48.5 Å². The van der Waals surface area contributed by atoms with Crippen LogP contribution in [-0.4, -0.2) is 63.0 Å². The third-order valence-electron chi connectivity index (χ3n) is 4.15. The minimum Gasteiger partial charge on any atom is -0.497 e. The molecule has 0 heterocycles. The van der Waals surface area contributed by atoms with Crippen molar-refractivity contribution < 1.29 is 19.1 Å². The normalized spacial score (nSPS) is 10.5. The quantitative estimate of drug-likeness (QED) is 0.717. The van der Waals surface area contributed by atoms with Crippen LogP contribution in [0.25, 0.3) is 0 Å². The first-order valence-electron chi connectivity index (χ1n) is 8.90. The van der Waals surface area contributed by atoms with Crippen LogP contribution in [0.3, 0.4) is 0 Å². The number of hydrogen-bond acceptors (Lipinski definition) is 5. The molecule has 7 heteroatoms. The van der Waals surface area contributed by atoms with Gasteiger partial charge in [-0.15, -0.1) is 0 Å². The molecule has 0 unspecified atom stereocenters. The molecule has 0 aliphatic heterocycles. The predicted molar refractivity (Wildman–Crippen MR) is 109 cm³/mol. The molecule has 0 saturated heterocycles. The van der Waals surface area contributed by atoms with E-state index in [1.807, 2.05) is 36.2 Å². The van der Waals surface area contributed by atoms with Crippen molar-refractivity contribution in [2.45, 2.75) is 6.54 Å². The molecule has 0 radical (unpaired) electrons. The van der Waals surface area contributed by atoms with Crippen LogP contribution < -0.4 is 14.8 Å². The van der Waals surface area contributed by atoms with Crippen molar-refractivity contribution >= 4 is 17.5 Å². The molecule has 0 aliphatic rings. The van der Waals surface area contributed by atoms with Crippen molar-refractivity contribution in [1.82, 2.24) is 9.80 Å². The highest BCUT2D eigenvalue weighted by molar-refractivity contribution is 5.94. The zero-order chi connectivity index (χ0) is 20.5. The molecule has 2 amide bonds. The van der Waals surface area contributed by atoms with Gasteiger partial charge in [0.25, 0.3) is 0 Å². The molecule has 7 nitrogen and oxygen atoms in total. The maximum Gasteiger partial charge on any atom is 0.243 e. The van der Waals surface area contributed by atoms with Crippen molar-refractivity contribution in [1.29, 1.82) is 0 Å². The van der Waals surface area contributed by atoms with Crippen LogP contribution in [0, 0.1) is 0 Å². The first kappa shape index (κ1) is 21.2. The number of rotatable bonds is 9. The molecule has 0 aliphatic carbocycles. The van der Waals surface area contributed by atoms with Gasteiger partial charge in [-0.25, -0.2) is 0 Å². The van der Waals surface area contributed by atoms with Crippen LogP contribution in [0.1, 0.15) is 5.56 Å². The van der Waals surface area contributed by atoms with Gasteiger partial charge in [-0.05, 0) is 36.9 Å². The predicted octanol–water partition coefficient (Wildman–Crippen LogP) is 2.23. The van der Waals surface area contributed by atoms with Gasteiger partial charge in [0.15, 0.2) is 0 Å². The van der Waals surface area contributed by atoms with Gasteiger partial charge in [0.1, 0.15) is 11.5 Å². The van der Waals surface area contributed by atoms with Gasteiger partial charge < -0.3 is 19.7 Å². The number of nitrogens with one attached hydrogen (secondary N) is 1. The molecule has 2 aromatic carbocycles. The van der Waals surface area contributed by atoms with E-state index >= 15 is 0 Å². The molecule has 1 N–H and O–H groups in total. The Morgan fingerprint density at radius 3 is 2.25 bits per heavy atom. The molecule has 2 rings (SSSR count). The number of anilines is 1. The van der Waals surface area contributed by atoms with E-state index in [-0.39, 0.29) is 24.9 Å². The largest absolute Gasteiger partial charge is 0.497 e. The summed E-state index contributed by atoms with van der Waals surface area (Å²) in [5.41, 5.74) is 1.67. The van der Waals surface area contributed by atoms with Gasteiger partial charge in [-0.2, -0.15) is 0 Å². The highest BCUT2D eigenvalue weighted by Gasteiger charge is 2.15. The number of ether oxygens (including phenoxy) is 2. The van der Waals surface area contributed by atoms with E-state index in [4.69, 9.17) is 9.47 Å². The second-order valence-electron chi connectivity index (χ2n) is 6.55. The van der Waals surface area contributed by atoms with E-state index in [9.17, 15) is 9.59 Å². The summed E-state index contributed by atoms with van der Waals surface area (Å²) in [7, 11) is 6.67. The molecule has 2 aromatic rings. The maximum atomic E-state index is 12.4. The summed E-state index contributed by atoms with van der Waals surface area (Å²) in [6, 6.07) is 14.8. The Morgan fingerprint density at radius 1 is 0.929 bits per heavy atom. The van der Waals surface area contributed by atoms with E-state index in [2.05, 4.69) is 5.32 Å². The Hall–Kier alpha value is -3.06. The van der Waals surface area contributed by atoms with Crippen LogP contribution >= 0.6 is 0 Å². The molecule has 0 spiro atoms. The molecule has 28 heavy (non-hydrogen) atoms. The van der Waals surface area contributed by atoms with E-state index < -0.39 is 0 Å². The van der Waals surface area contributed by atoms with E-state index in [1.54, 1.807) is 45.5 Å². The number of carbonyl (C=O) groups is 2. The number of carbonyl (C=O) groups excluding carboxylic acids is 2. The fraction of sp³-hybridized carbons (Fsp3) is 0.333. The number of methoxy groups -OCH3 is 2. The molecule has 0 fully saturated rings. The lowest BCUT2D eigenvalue weighted by Gasteiger charge is -2.22. The molecular formula is C21H27N3O4. The first-order chi connectivity index (χ1) is 13.4. The van der Waals surface area contributed by atoms with Crippen LogP contribution in [0.2, 0.25) is 0 Å². The maximum absolute atomic E-state index is 12.4. The minimum atomic E-state index is -0.264. The van der Waals surface area contributed by atoms with Crippen molar-refractivity contribution in [2.24, 2.45) is 0 Å². The fourth-order valence-electron chi connectivity index (χ4n) is 2.69. The van der Waals surface area contributed by atoms with Crippen molar-refractivity contribution in [3.05, 3.63) is 54.1 Å². The van der Waals surface area contributed by atoms with Gasteiger partial charge >= 0.3 is 0 Å². The Labute approximate surface area is 165 Å². The third kappa shape index (κ3) is 6.59. The molecule has 0 atom stereocenters. The number of amides is 2. The summed E-state index contributed by atoms with van der Waals surface area (Å²) in [4.78, 5) is 27.9. The first-order valence-corrected chi connectivity index (χ1v) is 8.90. The second-order valence-corrected chi connectivity index (χ2v) is 6.55. The lowest BCUT2D eigenvalue weighted by Crippen LogP contribution is -2.40. The Bertz CT molecular complexity index is 810. The summed E-state index contributed by atoms with van der Waals surface area (Å²) in [5.74, 6) is 1.04. The topological polar surface area (TPSA) is 71.1 Å². The Balaban J connectivity index is 1.83. The van der Waals surface area contributed by atoms with Crippen molar-refractivity contribution in [3.8, 4) is 11.5 Å². The standard InChI is InChI=1S/C21H27N3O4/c1-23(13-16-7-5-9-18(11-16)27-3)15-21(26)24(2)14-20(25)22-17-8-6-10-19(12-17)28-4/h5-12H,13-15H2,1-4H3,(H,22,25). The minimum absolute atomic E-state index is 0.0248. The monoisotopic (exact) mass is 385 g/mol. The Morgan fingerprint density at radius 2 is 1.57 bits per heavy atom. The smallest absolute Gasteiger partial charge is 0.243 e. The van der Waals surface area contributed by atoms with E-state index in [1.165, 1.54) is 4.90 Å². The van der Waals surface area contributed by atoms with Crippen LogP contribution in [0.4, 0.5) is 5.69 Å². The molecule has 150 valence electrons. The number of hydrogen-bond donors (Lipinski definition) is 1. The van der Waals surface area contributed by atoms with Crippen LogP contribution in [-0.2, 0) is 16.1 Å². The highest BCUT2D eigenvalue weighted by atomic mass is 16.5. The SMILES string of the molecule is COc1cccc(CN(C)CC(=O)N(C)CC(=O)Nc2cccc(OC)c2)c1. The zero-order valence-electron chi connectivity index (χ0n) is 16.8. The van der Waals surface area contributed by atoms with Gasteiger partial charge in [0, 0.05) is 25.3 Å². The summed E-state index contributed by atoms with van der Waals surface area (Å²) >= 11 is 0. The summed E-state index contributed by atoms with van der Waals surface area (Å²) in [5, 5.41) is 2.77. The molecule has 0 bridgehead atoms. The number of nitrogens with zero attached hydrogens (tertiary/aromatic N) is 2. The second kappa shape index (κ2) is 10.3. The molecular weight excluding hydrogens is 358 g/mol. The lowest BCUT2D eigenvalue weighted by atomic mass is 10.2. The van der Waals surface area contributed by atoms with Crippen molar-refractivity contribution in [3.63, 3.8) is 0 Å². The van der Waals surface area contributed by atoms with Gasteiger partial charge in [0.05, 0.1) is 27.3 Å². The molecule has 0 aromatic heterocycles. The average Bonchev–Trinajstić information content (AvgIpc) is 2.67. The number of benzene rings is 2. The fourth-order valence-corrected chi connectivity index (χ4v) is 2.69. The van der Waals surface area contributed by atoms with Gasteiger partial charge in [-0.1, -0.05) is 18.2 Å². The average molecular weight is 385 g/mol. The van der Waals surface area contributed by atoms with Gasteiger partial charge in [0.2, 0.25) is 11.8 Å². The highest BCUT2D eigenvalue weighted by Crippen LogP contribution is 2.16. The van der Waals surface area contributed by atoms with E-state index in [0.29, 0.717) is 18.0 Å². The van der Waals surface area contributed by atoms with Crippen LogP contribution in [0.5, 0.6) is 11.5 Å². The summed E-state index contributed by atoms with van der Waals surface area (Å²) < 4.78 is 10.4. The Kier molecular flexibility index (Phi) is 7.83. The van der Waals surface area contributed by atoms with E-state index in [0.717, 1.165) is 11.3 Å². The lowest BCUT2D eigenvalue weighted by molar-refractivity contribution is -0.134. The summed E-state index contributed by atoms with van der Waals surface area (Å²) in [6.07, 6.45) is 0. The zero-order valence-corrected chi connectivity index (χ0v) is 16.8.